The summed E-state index contributed by atoms with van der Waals surface area (Å²) in [6.07, 6.45) is 0. The zero-order chi connectivity index (χ0) is 25.4. The summed E-state index contributed by atoms with van der Waals surface area (Å²) in [5, 5.41) is 21.5. The van der Waals surface area contributed by atoms with E-state index in [0.29, 0.717) is 11.1 Å². The first-order valence-corrected chi connectivity index (χ1v) is 9.79. The lowest BCUT2D eigenvalue weighted by Gasteiger charge is -2.07. The van der Waals surface area contributed by atoms with Crippen molar-refractivity contribution in [3.05, 3.63) is 103 Å². The SMILES string of the molecule is CC(C)=C(C#CC(OC(=O)c1ccc([N+](=O)[O-])cc1)=C(C)C)OC(=O)c1ccc([N+](=O)[O-])cc1. The predicted octanol–water partition coefficient (Wildman–Crippen LogP) is 5.11. The molecule has 0 atom stereocenters. The van der Waals surface area contributed by atoms with Gasteiger partial charge in [0.15, 0.2) is 11.5 Å². The van der Waals surface area contributed by atoms with Crippen molar-refractivity contribution >= 4 is 23.3 Å². The van der Waals surface area contributed by atoms with E-state index in [4.69, 9.17) is 9.47 Å². The Bertz CT molecular complexity index is 1160. The summed E-state index contributed by atoms with van der Waals surface area (Å²) in [4.78, 5) is 45.2. The second-order valence-corrected chi connectivity index (χ2v) is 7.30. The van der Waals surface area contributed by atoms with Gasteiger partial charge in [0.05, 0.1) is 21.0 Å². The van der Waals surface area contributed by atoms with Gasteiger partial charge >= 0.3 is 11.9 Å². The van der Waals surface area contributed by atoms with Crippen LogP contribution in [-0.2, 0) is 9.47 Å². The number of esters is 2. The first-order chi connectivity index (χ1) is 16.0. The van der Waals surface area contributed by atoms with E-state index in [0.717, 1.165) is 0 Å². The Balaban J connectivity index is 2.19. The highest BCUT2D eigenvalue weighted by atomic mass is 16.6. The zero-order valence-electron chi connectivity index (χ0n) is 18.8. The normalized spacial score (nSPS) is 9.65. The van der Waals surface area contributed by atoms with Crippen LogP contribution in [0.3, 0.4) is 0 Å². The fraction of sp³-hybridized carbons (Fsp3) is 0.167. The van der Waals surface area contributed by atoms with E-state index in [9.17, 15) is 29.8 Å². The van der Waals surface area contributed by atoms with Crippen molar-refractivity contribution in [3.63, 3.8) is 0 Å². The molecule has 0 aliphatic rings. The van der Waals surface area contributed by atoms with Crippen molar-refractivity contribution < 1.29 is 28.9 Å². The standard InChI is InChI=1S/C24H20N2O8/c1-15(2)21(33-23(27)17-5-9-19(10-6-17)25(29)30)13-14-22(16(3)4)34-24(28)18-7-11-20(12-8-18)26(31)32/h5-12H,1-4H3. The molecular formula is C24H20N2O8. The van der Waals surface area contributed by atoms with Gasteiger partial charge < -0.3 is 9.47 Å². The lowest BCUT2D eigenvalue weighted by Crippen LogP contribution is -2.07. The van der Waals surface area contributed by atoms with Crippen molar-refractivity contribution in [2.75, 3.05) is 0 Å². The maximum Gasteiger partial charge on any atom is 0.344 e. The number of nitro groups is 2. The van der Waals surface area contributed by atoms with Crippen LogP contribution in [0.15, 0.2) is 71.2 Å². The second kappa shape index (κ2) is 11.2. The number of hydrogen-bond donors (Lipinski definition) is 0. The third-order valence-corrected chi connectivity index (χ3v) is 4.21. The van der Waals surface area contributed by atoms with Gasteiger partial charge in [-0.25, -0.2) is 9.59 Å². The summed E-state index contributed by atoms with van der Waals surface area (Å²) in [6, 6.07) is 9.81. The molecule has 2 aromatic rings. The Morgan fingerprint density at radius 2 is 0.941 bits per heavy atom. The summed E-state index contributed by atoms with van der Waals surface area (Å²) < 4.78 is 10.6. The molecule has 0 fully saturated rings. The summed E-state index contributed by atoms with van der Waals surface area (Å²) in [7, 11) is 0. The number of ether oxygens (including phenoxy) is 2. The number of non-ortho nitro benzene ring substituents is 2. The molecule has 10 nitrogen and oxygen atoms in total. The number of carbonyl (C=O) groups is 2. The topological polar surface area (TPSA) is 139 Å². The van der Waals surface area contributed by atoms with E-state index in [-0.39, 0.29) is 34.0 Å². The van der Waals surface area contributed by atoms with Crippen molar-refractivity contribution in [1.82, 2.24) is 0 Å². The van der Waals surface area contributed by atoms with Crippen LogP contribution in [0.5, 0.6) is 0 Å². The average molecular weight is 464 g/mol. The number of carbonyl (C=O) groups excluding carboxylic acids is 2. The van der Waals surface area contributed by atoms with Crippen molar-refractivity contribution in [1.29, 1.82) is 0 Å². The van der Waals surface area contributed by atoms with Gasteiger partial charge in [0.1, 0.15) is 0 Å². The Morgan fingerprint density at radius 3 is 1.18 bits per heavy atom. The van der Waals surface area contributed by atoms with E-state index in [2.05, 4.69) is 11.8 Å². The minimum Gasteiger partial charge on any atom is -0.414 e. The second-order valence-electron chi connectivity index (χ2n) is 7.30. The summed E-state index contributed by atoms with van der Waals surface area (Å²) in [5.74, 6) is 3.85. The molecule has 0 heterocycles. The van der Waals surface area contributed by atoms with Gasteiger partial charge in [-0.15, -0.1) is 0 Å². The highest BCUT2D eigenvalue weighted by Gasteiger charge is 2.15. The van der Waals surface area contributed by atoms with Crippen LogP contribution in [0.25, 0.3) is 0 Å². The smallest absolute Gasteiger partial charge is 0.344 e. The molecular weight excluding hydrogens is 444 g/mol. The predicted molar refractivity (Wildman–Crippen MR) is 122 cm³/mol. The Hall–Kier alpha value is -4.78. The molecule has 0 unspecified atom stereocenters. The van der Waals surface area contributed by atoms with Gasteiger partial charge in [-0.1, -0.05) is 0 Å². The monoisotopic (exact) mass is 464 g/mol. The van der Waals surface area contributed by atoms with Crippen molar-refractivity contribution in [2.45, 2.75) is 27.7 Å². The largest absolute Gasteiger partial charge is 0.414 e. The van der Waals surface area contributed by atoms with E-state index in [1.165, 1.54) is 48.5 Å². The van der Waals surface area contributed by atoms with Gasteiger partial charge in [-0.05, 0) is 74.9 Å². The summed E-state index contributed by atoms with van der Waals surface area (Å²) in [5.41, 5.74) is 0.995. The van der Waals surface area contributed by atoms with Crippen molar-refractivity contribution in [2.24, 2.45) is 0 Å². The molecule has 0 aromatic heterocycles. The summed E-state index contributed by atoms with van der Waals surface area (Å²) >= 11 is 0. The lowest BCUT2D eigenvalue weighted by atomic mass is 10.2. The van der Waals surface area contributed by atoms with Gasteiger partial charge in [-0.2, -0.15) is 0 Å². The number of rotatable bonds is 6. The molecule has 2 rings (SSSR count). The molecule has 0 amide bonds. The van der Waals surface area contributed by atoms with Crippen LogP contribution in [0, 0.1) is 32.1 Å². The molecule has 34 heavy (non-hydrogen) atoms. The maximum atomic E-state index is 12.4. The molecule has 0 saturated carbocycles. The van der Waals surface area contributed by atoms with E-state index in [1.54, 1.807) is 27.7 Å². The molecule has 0 aliphatic heterocycles. The average Bonchev–Trinajstić information content (AvgIpc) is 2.80. The van der Waals surface area contributed by atoms with Crippen molar-refractivity contribution in [3.8, 4) is 11.8 Å². The molecule has 0 aliphatic carbocycles. The third-order valence-electron chi connectivity index (χ3n) is 4.21. The molecule has 0 N–H and O–H groups in total. The molecule has 2 aromatic carbocycles. The van der Waals surface area contributed by atoms with Crippen LogP contribution in [-0.4, -0.2) is 21.8 Å². The van der Waals surface area contributed by atoms with Gasteiger partial charge in [0.2, 0.25) is 0 Å². The Labute approximate surface area is 194 Å². The number of hydrogen-bond acceptors (Lipinski definition) is 8. The first-order valence-electron chi connectivity index (χ1n) is 9.79. The molecule has 10 heteroatoms. The van der Waals surface area contributed by atoms with Gasteiger partial charge in [0.25, 0.3) is 11.4 Å². The number of benzene rings is 2. The van der Waals surface area contributed by atoms with E-state index >= 15 is 0 Å². The fourth-order valence-corrected chi connectivity index (χ4v) is 2.36. The molecule has 0 saturated heterocycles. The van der Waals surface area contributed by atoms with Crippen LogP contribution in [0.4, 0.5) is 11.4 Å². The van der Waals surface area contributed by atoms with Gasteiger partial charge in [-0.3, -0.25) is 20.2 Å². The quantitative estimate of drug-likeness (QED) is 0.189. The number of nitrogens with zero attached hydrogens (tertiary/aromatic N) is 2. The molecule has 0 radical (unpaired) electrons. The Morgan fingerprint density at radius 1 is 0.647 bits per heavy atom. The van der Waals surface area contributed by atoms with E-state index in [1.807, 2.05) is 0 Å². The lowest BCUT2D eigenvalue weighted by molar-refractivity contribution is -0.385. The number of allylic oxidation sites excluding steroid dienone is 4. The zero-order valence-corrected chi connectivity index (χ0v) is 18.8. The highest BCUT2D eigenvalue weighted by molar-refractivity contribution is 5.91. The minimum atomic E-state index is -0.762. The van der Waals surface area contributed by atoms with Gasteiger partial charge in [0, 0.05) is 24.3 Å². The first kappa shape index (κ1) is 25.5. The van der Waals surface area contributed by atoms with Crippen LogP contribution >= 0.6 is 0 Å². The number of nitro benzene ring substituents is 2. The van der Waals surface area contributed by atoms with Crippen LogP contribution < -0.4 is 0 Å². The molecule has 174 valence electrons. The Kier molecular flexibility index (Phi) is 8.39. The molecule has 0 spiro atoms. The molecule has 0 bridgehead atoms. The van der Waals surface area contributed by atoms with E-state index < -0.39 is 21.8 Å². The summed E-state index contributed by atoms with van der Waals surface area (Å²) in [6.45, 7) is 6.66. The van der Waals surface area contributed by atoms with Crippen LogP contribution in [0.2, 0.25) is 0 Å². The minimum absolute atomic E-state index is 0.0217. The fourth-order valence-electron chi connectivity index (χ4n) is 2.36. The third kappa shape index (κ3) is 6.86. The van der Waals surface area contributed by atoms with Crippen LogP contribution in [0.1, 0.15) is 48.4 Å². The maximum absolute atomic E-state index is 12.4. The highest BCUT2D eigenvalue weighted by Crippen LogP contribution is 2.17.